The van der Waals surface area contributed by atoms with Crippen molar-refractivity contribution in [2.45, 2.75) is 37.8 Å². The van der Waals surface area contributed by atoms with E-state index in [9.17, 15) is 13.2 Å². The van der Waals surface area contributed by atoms with Crippen molar-refractivity contribution < 1.29 is 13.2 Å². The second-order valence-electron chi connectivity index (χ2n) is 5.73. The number of carbonyl (C=O) groups excluding carboxylic acids is 1. The monoisotopic (exact) mass is 380 g/mol. The Labute approximate surface area is 153 Å². The quantitative estimate of drug-likeness (QED) is 0.773. The van der Waals surface area contributed by atoms with Gasteiger partial charge in [-0.05, 0) is 49.2 Å². The van der Waals surface area contributed by atoms with Crippen LogP contribution in [0.4, 0.5) is 0 Å². The highest BCUT2D eigenvalue weighted by molar-refractivity contribution is 7.89. The molecule has 1 unspecified atom stereocenters. The molecule has 2 aromatic rings. The number of hydrogen-bond acceptors (Lipinski definition) is 3. The zero-order chi connectivity index (χ0) is 18.4. The smallest absolute Gasteiger partial charge is 0.251 e. The lowest BCUT2D eigenvalue weighted by atomic mass is 10.2. The molecule has 5 nitrogen and oxygen atoms in total. The van der Waals surface area contributed by atoms with Gasteiger partial charge in [0.25, 0.3) is 5.91 Å². The standard InChI is InChI=1S/C18H21ClN2O3S/c1-3-13(2)21-25(23,24)16-10-8-14(9-11-16)18(22)20-12-15-6-4-5-7-17(15)19/h4-11,13,21H,3,12H2,1-2H3,(H,20,22). The lowest BCUT2D eigenvalue weighted by Gasteiger charge is -2.12. The fourth-order valence-electron chi connectivity index (χ4n) is 2.12. The molecular weight excluding hydrogens is 360 g/mol. The van der Waals surface area contributed by atoms with Gasteiger partial charge in [-0.1, -0.05) is 36.7 Å². The number of benzene rings is 2. The first-order valence-electron chi connectivity index (χ1n) is 7.97. The Bertz CT molecular complexity index is 836. The van der Waals surface area contributed by atoms with Gasteiger partial charge in [0.05, 0.1) is 4.90 Å². The van der Waals surface area contributed by atoms with Crippen LogP contribution in [0.2, 0.25) is 5.02 Å². The predicted octanol–water partition coefficient (Wildman–Crippen LogP) is 3.35. The summed E-state index contributed by atoms with van der Waals surface area (Å²) in [5.74, 6) is -0.293. The highest BCUT2D eigenvalue weighted by Gasteiger charge is 2.17. The molecule has 0 spiro atoms. The summed E-state index contributed by atoms with van der Waals surface area (Å²) in [5, 5.41) is 3.35. The van der Waals surface area contributed by atoms with Crippen LogP contribution in [0.25, 0.3) is 0 Å². The van der Waals surface area contributed by atoms with Crippen molar-refractivity contribution >= 4 is 27.5 Å². The minimum absolute atomic E-state index is 0.135. The topological polar surface area (TPSA) is 75.3 Å². The Hall–Kier alpha value is -1.89. The summed E-state index contributed by atoms with van der Waals surface area (Å²) >= 11 is 6.05. The average Bonchev–Trinajstić information content (AvgIpc) is 2.60. The molecule has 0 saturated heterocycles. The molecule has 134 valence electrons. The molecule has 0 radical (unpaired) electrons. The average molecular weight is 381 g/mol. The fraction of sp³-hybridized carbons (Fsp3) is 0.278. The van der Waals surface area contributed by atoms with Gasteiger partial charge < -0.3 is 5.32 Å². The molecule has 0 bridgehead atoms. The van der Waals surface area contributed by atoms with E-state index in [-0.39, 0.29) is 16.8 Å². The van der Waals surface area contributed by atoms with Crippen LogP contribution in [-0.2, 0) is 16.6 Å². The predicted molar refractivity (Wildman–Crippen MR) is 99.1 cm³/mol. The SMILES string of the molecule is CCC(C)NS(=O)(=O)c1ccc(C(=O)NCc2ccccc2Cl)cc1. The van der Waals surface area contributed by atoms with Gasteiger partial charge in [0, 0.05) is 23.2 Å². The molecule has 0 aliphatic heterocycles. The third-order valence-electron chi connectivity index (χ3n) is 3.79. The third kappa shape index (κ3) is 5.29. The zero-order valence-corrected chi connectivity index (χ0v) is 15.7. The molecule has 1 atom stereocenters. The van der Waals surface area contributed by atoms with Gasteiger partial charge in [-0.25, -0.2) is 13.1 Å². The Morgan fingerprint density at radius 1 is 1.12 bits per heavy atom. The summed E-state index contributed by atoms with van der Waals surface area (Å²) in [5.41, 5.74) is 1.20. The molecule has 25 heavy (non-hydrogen) atoms. The first-order chi connectivity index (χ1) is 11.8. The van der Waals surface area contributed by atoms with E-state index in [1.165, 1.54) is 24.3 Å². The van der Waals surface area contributed by atoms with E-state index >= 15 is 0 Å². The maximum Gasteiger partial charge on any atom is 0.251 e. The summed E-state index contributed by atoms with van der Waals surface area (Å²) in [6.45, 7) is 4.00. The van der Waals surface area contributed by atoms with Gasteiger partial charge >= 0.3 is 0 Å². The van der Waals surface area contributed by atoms with Crippen LogP contribution >= 0.6 is 11.6 Å². The summed E-state index contributed by atoms with van der Waals surface area (Å²) in [6.07, 6.45) is 0.696. The minimum atomic E-state index is -3.57. The lowest BCUT2D eigenvalue weighted by molar-refractivity contribution is 0.0951. The number of hydrogen-bond donors (Lipinski definition) is 2. The second kappa shape index (κ2) is 8.47. The minimum Gasteiger partial charge on any atom is -0.348 e. The molecule has 0 heterocycles. The first-order valence-corrected chi connectivity index (χ1v) is 9.83. The lowest BCUT2D eigenvalue weighted by Crippen LogP contribution is -2.32. The molecule has 2 N–H and O–H groups in total. The molecule has 1 amide bonds. The van der Waals surface area contributed by atoms with Crippen molar-refractivity contribution in [3.05, 3.63) is 64.7 Å². The Morgan fingerprint density at radius 2 is 1.76 bits per heavy atom. The summed E-state index contributed by atoms with van der Waals surface area (Å²) in [6, 6.07) is 12.9. The third-order valence-corrected chi connectivity index (χ3v) is 5.77. The van der Waals surface area contributed by atoms with Crippen molar-refractivity contribution in [2.24, 2.45) is 0 Å². The van der Waals surface area contributed by atoms with E-state index < -0.39 is 10.0 Å². The van der Waals surface area contributed by atoms with Crippen LogP contribution in [0, 0.1) is 0 Å². The van der Waals surface area contributed by atoms with Gasteiger partial charge in [0.1, 0.15) is 0 Å². The van der Waals surface area contributed by atoms with Crippen molar-refractivity contribution in [1.29, 1.82) is 0 Å². The number of carbonyl (C=O) groups is 1. The van der Waals surface area contributed by atoms with Crippen LogP contribution in [0.1, 0.15) is 36.2 Å². The van der Waals surface area contributed by atoms with E-state index in [1.807, 2.05) is 25.1 Å². The molecule has 2 rings (SSSR count). The normalized spacial score (nSPS) is 12.6. The van der Waals surface area contributed by atoms with E-state index in [0.29, 0.717) is 23.6 Å². The molecule has 0 saturated carbocycles. The molecule has 7 heteroatoms. The van der Waals surface area contributed by atoms with E-state index in [0.717, 1.165) is 5.56 Å². The van der Waals surface area contributed by atoms with E-state index in [1.54, 1.807) is 13.0 Å². The number of rotatable bonds is 7. The van der Waals surface area contributed by atoms with E-state index in [4.69, 9.17) is 11.6 Å². The summed E-state index contributed by atoms with van der Waals surface area (Å²) < 4.78 is 27.0. The molecular formula is C18H21ClN2O3S. The molecule has 2 aromatic carbocycles. The highest BCUT2D eigenvalue weighted by Crippen LogP contribution is 2.15. The summed E-state index contributed by atoms with van der Waals surface area (Å²) in [7, 11) is -3.57. The largest absolute Gasteiger partial charge is 0.348 e. The zero-order valence-electron chi connectivity index (χ0n) is 14.1. The van der Waals surface area contributed by atoms with Crippen molar-refractivity contribution in [1.82, 2.24) is 10.0 Å². The first kappa shape index (κ1) is 19.4. The maximum absolute atomic E-state index is 12.2. The number of sulfonamides is 1. The van der Waals surface area contributed by atoms with Gasteiger partial charge in [-0.2, -0.15) is 0 Å². The van der Waals surface area contributed by atoms with Crippen LogP contribution in [0.15, 0.2) is 53.4 Å². The van der Waals surface area contributed by atoms with E-state index in [2.05, 4.69) is 10.0 Å². The fourth-order valence-corrected chi connectivity index (χ4v) is 3.65. The number of nitrogens with one attached hydrogen (secondary N) is 2. The van der Waals surface area contributed by atoms with Gasteiger partial charge in [0.2, 0.25) is 10.0 Å². The highest BCUT2D eigenvalue weighted by atomic mass is 35.5. The molecule has 0 fully saturated rings. The Balaban J connectivity index is 2.04. The van der Waals surface area contributed by atoms with Crippen molar-refractivity contribution in [2.75, 3.05) is 0 Å². The van der Waals surface area contributed by atoms with Gasteiger partial charge in [-0.15, -0.1) is 0 Å². The maximum atomic E-state index is 12.2. The van der Waals surface area contributed by atoms with Crippen LogP contribution < -0.4 is 10.0 Å². The van der Waals surface area contributed by atoms with Crippen molar-refractivity contribution in [3.63, 3.8) is 0 Å². The molecule has 0 aliphatic rings. The Morgan fingerprint density at radius 3 is 2.36 bits per heavy atom. The van der Waals surface area contributed by atoms with Gasteiger partial charge in [0.15, 0.2) is 0 Å². The Kier molecular flexibility index (Phi) is 6.58. The second-order valence-corrected chi connectivity index (χ2v) is 7.85. The van der Waals surface area contributed by atoms with Crippen LogP contribution in [-0.4, -0.2) is 20.4 Å². The number of halogens is 1. The van der Waals surface area contributed by atoms with Gasteiger partial charge in [-0.3, -0.25) is 4.79 Å². The molecule has 0 aromatic heterocycles. The van der Waals surface area contributed by atoms with Crippen LogP contribution in [0.3, 0.4) is 0 Å². The van der Waals surface area contributed by atoms with Crippen molar-refractivity contribution in [3.8, 4) is 0 Å². The van der Waals surface area contributed by atoms with Crippen LogP contribution in [0.5, 0.6) is 0 Å². The molecule has 0 aliphatic carbocycles. The summed E-state index contributed by atoms with van der Waals surface area (Å²) in [4.78, 5) is 12.3. The number of amides is 1.